The van der Waals surface area contributed by atoms with E-state index < -0.39 is 17.8 Å². The highest BCUT2D eigenvalue weighted by Gasteiger charge is 2.21. The van der Waals surface area contributed by atoms with E-state index >= 15 is 0 Å². The number of nitrogens with one attached hydrogen (secondary N) is 2. The molecule has 0 saturated carbocycles. The molecule has 172 valence electrons. The van der Waals surface area contributed by atoms with Crippen LogP contribution in [0.2, 0.25) is 0 Å². The van der Waals surface area contributed by atoms with E-state index in [1.54, 1.807) is 23.6 Å². The average molecular weight is 468 g/mol. The minimum absolute atomic E-state index is 0.0446. The van der Waals surface area contributed by atoms with Gasteiger partial charge in [0.1, 0.15) is 5.82 Å². The first kappa shape index (κ1) is 24.2. The zero-order chi connectivity index (χ0) is 24.0. The summed E-state index contributed by atoms with van der Waals surface area (Å²) in [6.45, 7) is 9.84. The number of aryl methyl sites for hydroxylation is 2. The van der Waals surface area contributed by atoms with E-state index in [4.69, 9.17) is 0 Å². The number of carbonyl (C=O) groups is 2. The van der Waals surface area contributed by atoms with Crippen LogP contribution in [-0.2, 0) is 11.3 Å². The van der Waals surface area contributed by atoms with Crippen molar-refractivity contribution in [1.29, 1.82) is 0 Å². The molecule has 0 unspecified atom stereocenters. The number of thioether (sulfide) groups is 1. The van der Waals surface area contributed by atoms with Gasteiger partial charge in [0.25, 0.3) is 5.91 Å². The summed E-state index contributed by atoms with van der Waals surface area (Å²) >= 11 is 1.24. The average Bonchev–Trinajstić information content (AvgIpc) is 3.17. The maximum Gasteiger partial charge on any atom is 0.254 e. The maximum absolute atomic E-state index is 13.9. The Kier molecular flexibility index (Phi) is 8.00. The molecule has 0 aliphatic heterocycles. The fraction of sp³-hybridized carbons (Fsp3) is 0.250. The van der Waals surface area contributed by atoms with Crippen LogP contribution >= 0.6 is 11.8 Å². The van der Waals surface area contributed by atoms with Gasteiger partial charge in [0.15, 0.2) is 11.0 Å². The zero-order valence-corrected chi connectivity index (χ0v) is 19.6. The Morgan fingerprint density at radius 2 is 1.97 bits per heavy atom. The highest BCUT2D eigenvalue weighted by atomic mass is 32.2. The SMILES string of the molecule is C=CCn1c(SCC(=O)Nc2ccc(C)cc2C)nnc1[C@H](C)NC(=O)c1ccccc1F. The minimum Gasteiger partial charge on any atom is -0.342 e. The second-order valence-electron chi connectivity index (χ2n) is 7.57. The largest absolute Gasteiger partial charge is 0.342 e. The Balaban J connectivity index is 1.68. The molecule has 0 spiro atoms. The van der Waals surface area contributed by atoms with E-state index in [0.29, 0.717) is 17.5 Å². The third-order valence-corrected chi connectivity index (χ3v) is 5.87. The van der Waals surface area contributed by atoms with Crippen molar-refractivity contribution >= 4 is 29.3 Å². The Morgan fingerprint density at radius 1 is 1.21 bits per heavy atom. The lowest BCUT2D eigenvalue weighted by molar-refractivity contribution is -0.113. The Morgan fingerprint density at radius 3 is 2.67 bits per heavy atom. The molecular formula is C24H26FN5O2S. The first-order chi connectivity index (χ1) is 15.8. The third-order valence-electron chi connectivity index (χ3n) is 4.90. The molecule has 1 aromatic heterocycles. The van der Waals surface area contributed by atoms with E-state index in [-0.39, 0.29) is 17.2 Å². The number of amides is 2. The molecule has 1 atom stereocenters. The van der Waals surface area contributed by atoms with Crippen molar-refractivity contribution in [3.63, 3.8) is 0 Å². The summed E-state index contributed by atoms with van der Waals surface area (Å²) in [6, 6.07) is 11.1. The van der Waals surface area contributed by atoms with Gasteiger partial charge in [-0.1, -0.05) is 47.7 Å². The molecular weight excluding hydrogens is 441 g/mol. The molecule has 7 nitrogen and oxygen atoms in total. The van der Waals surface area contributed by atoms with Crippen molar-refractivity contribution in [2.45, 2.75) is 38.5 Å². The number of halogens is 1. The Labute approximate surface area is 196 Å². The fourth-order valence-corrected chi connectivity index (χ4v) is 4.04. The van der Waals surface area contributed by atoms with E-state index in [1.807, 2.05) is 32.0 Å². The lowest BCUT2D eigenvalue weighted by atomic mass is 10.1. The molecule has 33 heavy (non-hydrogen) atoms. The summed E-state index contributed by atoms with van der Waals surface area (Å²) in [4.78, 5) is 24.9. The number of aromatic nitrogens is 3. The number of allylic oxidation sites excluding steroid dienone is 1. The van der Waals surface area contributed by atoms with Crippen molar-refractivity contribution in [3.05, 3.63) is 83.5 Å². The molecule has 0 saturated heterocycles. The summed E-state index contributed by atoms with van der Waals surface area (Å²) in [5, 5.41) is 14.6. The lowest BCUT2D eigenvalue weighted by Gasteiger charge is -2.15. The molecule has 0 radical (unpaired) electrons. The summed E-state index contributed by atoms with van der Waals surface area (Å²) in [5.41, 5.74) is 2.84. The number of carbonyl (C=O) groups excluding carboxylic acids is 2. The molecule has 9 heteroatoms. The minimum atomic E-state index is -0.596. The molecule has 0 aliphatic rings. The van der Waals surface area contributed by atoms with E-state index in [1.165, 1.54) is 30.0 Å². The molecule has 3 aromatic rings. The van der Waals surface area contributed by atoms with Crippen LogP contribution in [0.4, 0.5) is 10.1 Å². The second-order valence-corrected chi connectivity index (χ2v) is 8.51. The van der Waals surface area contributed by atoms with Crippen LogP contribution in [0.5, 0.6) is 0 Å². The lowest BCUT2D eigenvalue weighted by Crippen LogP contribution is -2.29. The van der Waals surface area contributed by atoms with Gasteiger partial charge in [0, 0.05) is 12.2 Å². The van der Waals surface area contributed by atoms with E-state index in [9.17, 15) is 14.0 Å². The topological polar surface area (TPSA) is 88.9 Å². The van der Waals surface area contributed by atoms with Crippen molar-refractivity contribution < 1.29 is 14.0 Å². The number of benzene rings is 2. The van der Waals surface area contributed by atoms with Crippen LogP contribution in [-0.4, -0.2) is 32.3 Å². The molecule has 0 aliphatic carbocycles. The molecule has 2 amide bonds. The van der Waals surface area contributed by atoms with E-state index in [2.05, 4.69) is 27.4 Å². The van der Waals surface area contributed by atoms with Crippen molar-refractivity contribution in [2.75, 3.05) is 11.1 Å². The van der Waals surface area contributed by atoms with Gasteiger partial charge in [-0.25, -0.2) is 4.39 Å². The van der Waals surface area contributed by atoms with Crippen LogP contribution in [0.1, 0.15) is 40.3 Å². The summed E-state index contributed by atoms with van der Waals surface area (Å²) in [5.74, 6) is -0.686. The van der Waals surface area contributed by atoms with Crippen LogP contribution in [0.3, 0.4) is 0 Å². The highest BCUT2D eigenvalue weighted by molar-refractivity contribution is 7.99. The second kappa shape index (κ2) is 10.9. The van der Waals surface area contributed by atoms with Crippen LogP contribution in [0, 0.1) is 19.7 Å². The Bertz CT molecular complexity index is 1180. The maximum atomic E-state index is 13.9. The third kappa shape index (κ3) is 6.07. The highest BCUT2D eigenvalue weighted by Crippen LogP contribution is 2.22. The van der Waals surface area contributed by atoms with Gasteiger partial charge in [-0.2, -0.15) is 0 Å². The van der Waals surface area contributed by atoms with Crippen LogP contribution < -0.4 is 10.6 Å². The summed E-state index contributed by atoms with van der Waals surface area (Å²) in [7, 11) is 0. The van der Waals surface area contributed by atoms with Crippen LogP contribution in [0.15, 0.2) is 60.3 Å². The van der Waals surface area contributed by atoms with E-state index in [0.717, 1.165) is 16.8 Å². The number of nitrogens with zero attached hydrogens (tertiary/aromatic N) is 3. The summed E-state index contributed by atoms with van der Waals surface area (Å²) < 4.78 is 15.7. The van der Waals surface area contributed by atoms with Gasteiger partial charge in [0.05, 0.1) is 17.4 Å². The van der Waals surface area contributed by atoms with Gasteiger partial charge in [-0.05, 0) is 44.5 Å². The van der Waals surface area contributed by atoms with Gasteiger partial charge >= 0.3 is 0 Å². The fourth-order valence-electron chi connectivity index (χ4n) is 3.28. The van der Waals surface area contributed by atoms with Gasteiger partial charge in [-0.3, -0.25) is 9.59 Å². The van der Waals surface area contributed by atoms with Crippen molar-refractivity contribution in [2.24, 2.45) is 0 Å². The number of anilines is 1. The molecule has 0 fully saturated rings. The van der Waals surface area contributed by atoms with Crippen molar-refractivity contribution in [1.82, 2.24) is 20.1 Å². The zero-order valence-electron chi connectivity index (χ0n) is 18.8. The van der Waals surface area contributed by atoms with Gasteiger partial charge in [0.2, 0.25) is 5.91 Å². The monoisotopic (exact) mass is 467 g/mol. The molecule has 2 N–H and O–H groups in total. The predicted molar refractivity (Wildman–Crippen MR) is 128 cm³/mol. The smallest absolute Gasteiger partial charge is 0.254 e. The quantitative estimate of drug-likeness (QED) is 0.359. The Hall–Kier alpha value is -3.46. The van der Waals surface area contributed by atoms with Crippen molar-refractivity contribution in [3.8, 4) is 0 Å². The molecule has 0 bridgehead atoms. The normalized spacial score (nSPS) is 11.6. The number of hydrogen-bond acceptors (Lipinski definition) is 5. The van der Waals surface area contributed by atoms with Gasteiger partial charge < -0.3 is 15.2 Å². The first-order valence-corrected chi connectivity index (χ1v) is 11.4. The predicted octanol–water partition coefficient (Wildman–Crippen LogP) is 4.44. The summed E-state index contributed by atoms with van der Waals surface area (Å²) in [6.07, 6.45) is 1.68. The number of hydrogen-bond donors (Lipinski definition) is 2. The number of rotatable bonds is 9. The van der Waals surface area contributed by atoms with Gasteiger partial charge in [-0.15, -0.1) is 16.8 Å². The first-order valence-electron chi connectivity index (χ1n) is 10.4. The molecule has 1 heterocycles. The molecule has 3 rings (SSSR count). The van der Waals surface area contributed by atoms with Crippen LogP contribution in [0.25, 0.3) is 0 Å². The standard InChI is InChI=1S/C24H26FN5O2S/c1-5-12-30-22(17(4)26-23(32)18-8-6-7-9-19(18)25)28-29-24(30)33-14-21(31)27-20-11-10-15(2)13-16(20)3/h5-11,13,17H,1,12,14H2,2-4H3,(H,26,32)(H,27,31)/t17-/m0/s1. The molecule has 2 aromatic carbocycles.